The van der Waals surface area contributed by atoms with Gasteiger partial charge in [-0.2, -0.15) is 5.26 Å². The molecule has 1 aromatic rings. The van der Waals surface area contributed by atoms with Crippen LogP contribution in [0, 0.1) is 25.0 Å². The summed E-state index contributed by atoms with van der Waals surface area (Å²) >= 11 is 7.43. The lowest BCUT2D eigenvalue weighted by Gasteiger charge is -2.09. The van der Waals surface area contributed by atoms with E-state index in [-0.39, 0.29) is 29.5 Å². The molecule has 0 saturated carbocycles. The molecule has 0 N–H and O–H groups in total. The molecule has 0 radical (unpaired) electrons. The molecule has 1 aromatic carbocycles. The maximum Gasteiger partial charge on any atom is 0.313 e. The van der Waals surface area contributed by atoms with E-state index in [0.717, 1.165) is 0 Å². The second kappa shape index (κ2) is 6.56. The zero-order valence-corrected chi connectivity index (χ0v) is 12.1. The van der Waals surface area contributed by atoms with E-state index in [9.17, 15) is 10.1 Å². The van der Waals surface area contributed by atoms with Gasteiger partial charge in [-0.3, -0.25) is 10.1 Å². The van der Waals surface area contributed by atoms with Crippen LogP contribution in [0.15, 0.2) is 24.3 Å². The van der Waals surface area contributed by atoms with E-state index in [1.165, 1.54) is 12.1 Å². The molecule has 0 aliphatic heterocycles. The van der Waals surface area contributed by atoms with Crippen LogP contribution in [0.5, 0.6) is 5.75 Å². The summed E-state index contributed by atoms with van der Waals surface area (Å²) in [5, 5.41) is 19.7. The van der Waals surface area contributed by atoms with Crippen LogP contribution in [0.25, 0.3) is 0 Å². The number of halogens is 2. The zero-order chi connectivity index (χ0) is 13.7. The van der Waals surface area contributed by atoms with Gasteiger partial charge < -0.3 is 4.74 Å². The van der Waals surface area contributed by atoms with Crippen molar-refractivity contribution in [3.05, 3.63) is 43.5 Å². The number of nitriles is 1. The largest absolute Gasteiger partial charge is 0.482 e. The first-order valence-electron chi connectivity index (χ1n) is 4.73. The van der Waals surface area contributed by atoms with Gasteiger partial charge in [0.25, 0.3) is 0 Å². The van der Waals surface area contributed by atoms with Crippen LogP contribution in [-0.2, 0) is 0 Å². The summed E-state index contributed by atoms with van der Waals surface area (Å²) < 4.78 is 5.84. The number of nitro groups is 1. The highest BCUT2D eigenvalue weighted by molar-refractivity contribution is 14.1. The van der Waals surface area contributed by atoms with Crippen LogP contribution in [0.1, 0.15) is 5.56 Å². The van der Waals surface area contributed by atoms with Gasteiger partial charge in [-0.1, -0.05) is 6.58 Å². The number of ether oxygens (including phenoxy) is 1. The lowest BCUT2D eigenvalue weighted by molar-refractivity contribution is -0.385. The molecular weight excluding hydrogens is 370 g/mol. The van der Waals surface area contributed by atoms with Crippen molar-refractivity contribution in [2.24, 2.45) is 0 Å². The average Bonchev–Trinajstić information content (AvgIpc) is 2.35. The molecule has 0 atom stereocenters. The van der Waals surface area contributed by atoms with Crippen molar-refractivity contribution >= 4 is 39.9 Å². The third-order valence-corrected chi connectivity index (χ3v) is 3.14. The van der Waals surface area contributed by atoms with Crippen LogP contribution >= 0.6 is 34.2 Å². The van der Waals surface area contributed by atoms with Gasteiger partial charge in [0, 0.05) is 11.9 Å². The fraction of sp³-hybridized carbons (Fsp3) is 0.182. The van der Waals surface area contributed by atoms with E-state index < -0.39 is 4.92 Å². The molecule has 0 bridgehead atoms. The number of alkyl halides is 1. The molecular formula is C11H8ClIN2O3. The van der Waals surface area contributed by atoms with Gasteiger partial charge in [0.15, 0.2) is 0 Å². The highest BCUT2D eigenvalue weighted by atomic mass is 127. The van der Waals surface area contributed by atoms with Crippen molar-refractivity contribution < 1.29 is 9.66 Å². The van der Waals surface area contributed by atoms with Crippen molar-refractivity contribution in [1.29, 1.82) is 5.26 Å². The number of nitrogens with zero attached hydrogens (tertiary/aromatic N) is 2. The third kappa shape index (κ3) is 3.58. The van der Waals surface area contributed by atoms with E-state index in [1.807, 2.05) is 28.7 Å². The number of rotatable bonds is 5. The fourth-order valence-electron chi connectivity index (χ4n) is 1.13. The predicted molar refractivity (Wildman–Crippen MR) is 75.9 cm³/mol. The Balaban J connectivity index is 3.13. The second-order valence-corrected chi connectivity index (χ2v) is 4.78. The molecule has 7 heteroatoms. The Kier molecular flexibility index (Phi) is 5.37. The Morgan fingerprint density at radius 3 is 2.83 bits per heavy atom. The predicted octanol–water partition coefficient (Wildman–Crippen LogP) is 3.24. The molecule has 0 aromatic heterocycles. The minimum atomic E-state index is -0.582. The monoisotopic (exact) mass is 378 g/mol. The number of benzene rings is 1. The molecule has 5 nitrogen and oxygen atoms in total. The molecule has 0 saturated heterocycles. The Morgan fingerprint density at radius 2 is 2.33 bits per heavy atom. The molecule has 0 aliphatic rings. The van der Waals surface area contributed by atoms with Gasteiger partial charge in [0.05, 0.1) is 20.1 Å². The van der Waals surface area contributed by atoms with Gasteiger partial charge >= 0.3 is 5.69 Å². The van der Waals surface area contributed by atoms with Crippen LogP contribution in [0.2, 0.25) is 0 Å². The first-order chi connectivity index (χ1) is 8.49. The summed E-state index contributed by atoms with van der Waals surface area (Å²) in [6.07, 6.45) is 0. The standard InChI is InChI=1S/C11H8ClIN2O3/c1-7(4-12)6-18-11-9(13)2-8(5-14)3-10(11)15(16)17/h2-3H,1,4,6H2. The third-order valence-electron chi connectivity index (χ3n) is 1.96. The summed E-state index contributed by atoms with van der Waals surface area (Å²) in [5.41, 5.74) is 0.599. The van der Waals surface area contributed by atoms with Crippen molar-refractivity contribution in [1.82, 2.24) is 0 Å². The maximum absolute atomic E-state index is 10.9. The molecule has 0 fully saturated rings. The van der Waals surface area contributed by atoms with Crippen LogP contribution < -0.4 is 4.74 Å². The lowest BCUT2D eigenvalue weighted by atomic mass is 10.2. The van der Waals surface area contributed by atoms with Gasteiger partial charge in [-0.25, -0.2) is 0 Å². The van der Waals surface area contributed by atoms with Crippen LogP contribution in [0.4, 0.5) is 5.69 Å². The Bertz CT molecular complexity index is 540. The maximum atomic E-state index is 10.9. The molecule has 94 valence electrons. The lowest BCUT2D eigenvalue weighted by Crippen LogP contribution is -2.05. The zero-order valence-electron chi connectivity index (χ0n) is 9.15. The van der Waals surface area contributed by atoms with Gasteiger partial charge in [0.1, 0.15) is 6.61 Å². The Morgan fingerprint density at radius 1 is 1.67 bits per heavy atom. The fourth-order valence-corrected chi connectivity index (χ4v) is 1.98. The smallest absolute Gasteiger partial charge is 0.313 e. The quantitative estimate of drug-likeness (QED) is 0.259. The van der Waals surface area contributed by atoms with E-state index in [2.05, 4.69) is 6.58 Å². The topological polar surface area (TPSA) is 76.2 Å². The highest BCUT2D eigenvalue weighted by Crippen LogP contribution is 2.33. The van der Waals surface area contributed by atoms with E-state index >= 15 is 0 Å². The number of hydrogen-bond acceptors (Lipinski definition) is 4. The van der Waals surface area contributed by atoms with Crippen LogP contribution in [-0.4, -0.2) is 17.4 Å². The summed E-state index contributed by atoms with van der Waals surface area (Å²) in [6, 6.07) is 4.56. The van der Waals surface area contributed by atoms with E-state index in [0.29, 0.717) is 9.14 Å². The molecule has 0 amide bonds. The summed E-state index contributed by atoms with van der Waals surface area (Å²) in [7, 11) is 0. The minimum Gasteiger partial charge on any atom is -0.482 e. The SMILES string of the molecule is C=C(CCl)COc1c(I)cc(C#N)cc1[N+](=O)[O-]. The minimum absolute atomic E-state index is 0.103. The van der Waals surface area contributed by atoms with Crippen LogP contribution in [0.3, 0.4) is 0 Å². The molecule has 0 heterocycles. The summed E-state index contributed by atoms with van der Waals surface area (Å²) in [6.45, 7) is 3.75. The summed E-state index contributed by atoms with van der Waals surface area (Å²) in [5.74, 6) is 0.353. The highest BCUT2D eigenvalue weighted by Gasteiger charge is 2.20. The van der Waals surface area contributed by atoms with Gasteiger partial charge in [0.2, 0.25) is 5.75 Å². The molecule has 0 aliphatic carbocycles. The van der Waals surface area contributed by atoms with Crippen molar-refractivity contribution in [3.8, 4) is 11.8 Å². The van der Waals surface area contributed by atoms with Gasteiger partial charge in [-0.15, -0.1) is 11.6 Å². The Hall–Kier alpha value is -1.33. The number of nitro benzene ring substituents is 1. The van der Waals surface area contributed by atoms with Crippen molar-refractivity contribution in [3.63, 3.8) is 0 Å². The van der Waals surface area contributed by atoms with Crippen molar-refractivity contribution in [2.45, 2.75) is 0 Å². The summed E-state index contributed by atoms with van der Waals surface area (Å²) in [4.78, 5) is 10.3. The molecule has 1 rings (SSSR count). The molecule has 18 heavy (non-hydrogen) atoms. The van der Waals surface area contributed by atoms with E-state index in [1.54, 1.807) is 0 Å². The second-order valence-electron chi connectivity index (χ2n) is 3.35. The van der Waals surface area contributed by atoms with Gasteiger partial charge in [-0.05, 0) is 34.2 Å². The number of hydrogen-bond donors (Lipinski definition) is 0. The molecule has 0 unspecified atom stereocenters. The first-order valence-corrected chi connectivity index (χ1v) is 6.34. The Labute approximate surface area is 122 Å². The normalized spacial score (nSPS) is 9.61. The first kappa shape index (κ1) is 14.7. The van der Waals surface area contributed by atoms with Crippen molar-refractivity contribution in [2.75, 3.05) is 12.5 Å². The average molecular weight is 379 g/mol. The van der Waals surface area contributed by atoms with E-state index in [4.69, 9.17) is 21.6 Å². The molecule has 0 spiro atoms.